The van der Waals surface area contributed by atoms with Gasteiger partial charge in [-0.3, -0.25) is 4.98 Å². The molecule has 0 amide bonds. The Morgan fingerprint density at radius 1 is 0.947 bits per heavy atom. The lowest BCUT2D eigenvalue weighted by Gasteiger charge is -2.16. The minimum absolute atomic E-state index is 0.609. The second-order valence-corrected chi connectivity index (χ2v) is 4.86. The highest BCUT2D eigenvalue weighted by atomic mass is 15.1. The molecule has 0 aliphatic rings. The molecule has 3 nitrogen and oxygen atoms in total. The fourth-order valence-electron chi connectivity index (χ4n) is 2.04. The van der Waals surface area contributed by atoms with Crippen LogP contribution in [0.1, 0.15) is 16.7 Å². The Hall–Kier alpha value is -1.71. The molecular weight excluding hydrogens is 234 g/mol. The van der Waals surface area contributed by atoms with Crippen LogP contribution in [0.25, 0.3) is 0 Å². The number of nitrogens with zero attached hydrogens (tertiary/aromatic N) is 2. The lowest BCUT2D eigenvalue weighted by atomic mass is 10.1. The van der Waals surface area contributed by atoms with Gasteiger partial charge in [-0.15, -0.1) is 0 Å². The third-order valence-electron chi connectivity index (χ3n) is 3.24. The summed E-state index contributed by atoms with van der Waals surface area (Å²) < 4.78 is 0. The molecule has 0 aliphatic heterocycles. The summed E-state index contributed by atoms with van der Waals surface area (Å²) in [5, 5.41) is 0. The van der Waals surface area contributed by atoms with Crippen molar-refractivity contribution < 1.29 is 0 Å². The van der Waals surface area contributed by atoms with Crippen molar-refractivity contribution in [3.63, 3.8) is 0 Å². The quantitative estimate of drug-likeness (QED) is 0.860. The van der Waals surface area contributed by atoms with Crippen LogP contribution in [0, 0.1) is 0 Å². The van der Waals surface area contributed by atoms with E-state index in [2.05, 4.69) is 53.3 Å². The van der Waals surface area contributed by atoms with Gasteiger partial charge in [0, 0.05) is 32.0 Å². The molecule has 0 aliphatic carbocycles. The van der Waals surface area contributed by atoms with E-state index in [4.69, 9.17) is 5.73 Å². The number of rotatable bonds is 6. The lowest BCUT2D eigenvalue weighted by Crippen LogP contribution is -2.20. The third kappa shape index (κ3) is 4.47. The summed E-state index contributed by atoms with van der Waals surface area (Å²) in [6.45, 7) is 2.62. The van der Waals surface area contributed by atoms with Crippen molar-refractivity contribution >= 4 is 0 Å². The molecule has 19 heavy (non-hydrogen) atoms. The van der Waals surface area contributed by atoms with Crippen LogP contribution < -0.4 is 5.73 Å². The molecule has 0 atom stereocenters. The van der Waals surface area contributed by atoms with E-state index in [0.717, 1.165) is 19.5 Å². The summed E-state index contributed by atoms with van der Waals surface area (Å²) >= 11 is 0. The molecular formula is C16H21N3. The minimum atomic E-state index is 0.609. The predicted molar refractivity (Wildman–Crippen MR) is 78.6 cm³/mol. The number of hydrogen-bond acceptors (Lipinski definition) is 3. The molecule has 1 aromatic carbocycles. The Morgan fingerprint density at radius 3 is 2.21 bits per heavy atom. The summed E-state index contributed by atoms with van der Waals surface area (Å²) in [7, 11) is 2.15. The Kier molecular flexibility index (Phi) is 5.07. The van der Waals surface area contributed by atoms with Gasteiger partial charge in [0.05, 0.1) is 0 Å². The van der Waals surface area contributed by atoms with Gasteiger partial charge in [0.25, 0.3) is 0 Å². The molecule has 0 saturated heterocycles. The lowest BCUT2D eigenvalue weighted by molar-refractivity contribution is 0.331. The minimum Gasteiger partial charge on any atom is -0.326 e. The molecule has 100 valence electrons. The van der Waals surface area contributed by atoms with Crippen molar-refractivity contribution in [2.75, 3.05) is 13.6 Å². The number of benzene rings is 1. The van der Waals surface area contributed by atoms with E-state index in [1.807, 2.05) is 12.4 Å². The Morgan fingerprint density at radius 2 is 1.58 bits per heavy atom. The van der Waals surface area contributed by atoms with E-state index in [0.29, 0.717) is 6.54 Å². The molecule has 0 fully saturated rings. The van der Waals surface area contributed by atoms with Gasteiger partial charge in [-0.1, -0.05) is 24.3 Å². The van der Waals surface area contributed by atoms with Crippen LogP contribution in [0.4, 0.5) is 0 Å². The summed E-state index contributed by atoms with van der Waals surface area (Å²) in [5.74, 6) is 0. The van der Waals surface area contributed by atoms with E-state index >= 15 is 0 Å². The smallest absolute Gasteiger partial charge is 0.0270 e. The first-order valence-electron chi connectivity index (χ1n) is 6.63. The van der Waals surface area contributed by atoms with Crippen LogP contribution in [0.15, 0.2) is 48.8 Å². The highest BCUT2D eigenvalue weighted by Crippen LogP contribution is 2.07. The van der Waals surface area contributed by atoms with Gasteiger partial charge in [-0.05, 0) is 42.3 Å². The monoisotopic (exact) mass is 255 g/mol. The molecule has 1 heterocycles. The van der Waals surface area contributed by atoms with Gasteiger partial charge in [-0.25, -0.2) is 0 Å². The normalized spacial score (nSPS) is 10.9. The first-order valence-corrected chi connectivity index (χ1v) is 6.63. The van der Waals surface area contributed by atoms with Crippen LogP contribution in [-0.4, -0.2) is 23.5 Å². The average Bonchev–Trinajstić information content (AvgIpc) is 2.47. The number of pyridine rings is 1. The van der Waals surface area contributed by atoms with Crippen molar-refractivity contribution in [3.8, 4) is 0 Å². The van der Waals surface area contributed by atoms with Gasteiger partial charge in [0.15, 0.2) is 0 Å². The largest absolute Gasteiger partial charge is 0.326 e. The van der Waals surface area contributed by atoms with Crippen LogP contribution in [0.3, 0.4) is 0 Å². The molecule has 3 heteroatoms. The number of hydrogen-bond donors (Lipinski definition) is 1. The van der Waals surface area contributed by atoms with Crippen LogP contribution in [0.5, 0.6) is 0 Å². The zero-order chi connectivity index (χ0) is 13.5. The summed E-state index contributed by atoms with van der Waals surface area (Å²) in [4.78, 5) is 6.36. The van der Waals surface area contributed by atoms with E-state index in [-0.39, 0.29) is 0 Å². The number of aromatic nitrogens is 1. The van der Waals surface area contributed by atoms with Crippen molar-refractivity contribution in [2.24, 2.45) is 5.73 Å². The molecule has 0 unspecified atom stereocenters. The summed E-state index contributed by atoms with van der Waals surface area (Å²) in [5.41, 5.74) is 9.44. The van der Waals surface area contributed by atoms with Crippen molar-refractivity contribution in [1.29, 1.82) is 0 Å². The molecule has 0 spiro atoms. The summed E-state index contributed by atoms with van der Waals surface area (Å²) in [6.07, 6.45) is 4.75. The van der Waals surface area contributed by atoms with Gasteiger partial charge >= 0.3 is 0 Å². The fourth-order valence-corrected chi connectivity index (χ4v) is 2.04. The van der Waals surface area contributed by atoms with Crippen molar-refractivity contribution in [3.05, 3.63) is 65.5 Å². The van der Waals surface area contributed by atoms with E-state index < -0.39 is 0 Å². The first kappa shape index (κ1) is 13.7. The third-order valence-corrected chi connectivity index (χ3v) is 3.24. The Balaban J connectivity index is 1.82. The van der Waals surface area contributed by atoms with Crippen LogP contribution >= 0.6 is 0 Å². The highest BCUT2D eigenvalue weighted by molar-refractivity contribution is 5.22. The van der Waals surface area contributed by atoms with E-state index in [1.165, 1.54) is 16.7 Å². The average molecular weight is 255 g/mol. The van der Waals surface area contributed by atoms with Gasteiger partial charge in [0.1, 0.15) is 0 Å². The van der Waals surface area contributed by atoms with Gasteiger partial charge < -0.3 is 10.6 Å². The molecule has 2 rings (SSSR count). The molecule has 2 aromatic rings. The number of likely N-dealkylation sites (N-methyl/N-ethyl adjacent to an activating group) is 1. The second-order valence-electron chi connectivity index (χ2n) is 4.86. The fraction of sp³-hybridized carbons (Fsp3) is 0.312. The second kappa shape index (κ2) is 7.02. The zero-order valence-electron chi connectivity index (χ0n) is 11.4. The number of nitrogens with two attached hydrogens (primary N) is 1. The van der Waals surface area contributed by atoms with E-state index in [9.17, 15) is 0 Å². The SMILES string of the molecule is CN(CCc1ccncc1)Cc1ccc(CN)cc1. The van der Waals surface area contributed by atoms with Crippen LogP contribution in [-0.2, 0) is 19.5 Å². The maximum atomic E-state index is 5.60. The van der Waals surface area contributed by atoms with Crippen molar-refractivity contribution in [2.45, 2.75) is 19.5 Å². The highest BCUT2D eigenvalue weighted by Gasteiger charge is 2.01. The van der Waals surface area contributed by atoms with Crippen molar-refractivity contribution in [1.82, 2.24) is 9.88 Å². The maximum Gasteiger partial charge on any atom is 0.0270 e. The van der Waals surface area contributed by atoms with Crippen LogP contribution in [0.2, 0.25) is 0 Å². The molecule has 1 aromatic heterocycles. The zero-order valence-corrected chi connectivity index (χ0v) is 11.4. The predicted octanol–water partition coefficient (Wildman–Crippen LogP) is 2.21. The van der Waals surface area contributed by atoms with Gasteiger partial charge in [-0.2, -0.15) is 0 Å². The molecule has 0 bridgehead atoms. The van der Waals surface area contributed by atoms with E-state index in [1.54, 1.807) is 0 Å². The van der Waals surface area contributed by atoms with Gasteiger partial charge in [0.2, 0.25) is 0 Å². The Labute approximate surface area is 115 Å². The standard InChI is InChI=1S/C16H21N3/c1-19(11-8-14-6-9-18-10-7-14)13-16-4-2-15(12-17)3-5-16/h2-7,9-10H,8,11-13,17H2,1H3. The maximum absolute atomic E-state index is 5.60. The summed E-state index contributed by atoms with van der Waals surface area (Å²) in [6, 6.07) is 12.7. The Bertz CT molecular complexity index is 479. The topological polar surface area (TPSA) is 42.2 Å². The first-order chi connectivity index (χ1) is 9.28. The molecule has 0 saturated carbocycles. The molecule has 2 N–H and O–H groups in total. The molecule has 0 radical (unpaired) electrons.